The Morgan fingerprint density at radius 1 is 1.35 bits per heavy atom. The molecule has 1 aliphatic rings. The molecular formula is C14H14FNO4. The van der Waals surface area contributed by atoms with Gasteiger partial charge in [-0.05, 0) is 31.0 Å². The van der Waals surface area contributed by atoms with Crippen molar-refractivity contribution in [1.82, 2.24) is 0 Å². The van der Waals surface area contributed by atoms with Crippen LogP contribution in [-0.4, -0.2) is 31.3 Å². The van der Waals surface area contributed by atoms with Crippen molar-refractivity contribution < 1.29 is 23.5 Å². The molecule has 0 radical (unpaired) electrons. The summed E-state index contributed by atoms with van der Waals surface area (Å²) in [4.78, 5) is 35.8. The highest BCUT2D eigenvalue weighted by atomic mass is 19.1. The quantitative estimate of drug-likeness (QED) is 0.620. The van der Waals surface area contributed by atoms with Crippen molar-refractivity contribution in [1.29, 1.82) is 0 Å². The third-order valence-electron chi connectivity index (χ3n) is 3.15. The van der Waals surface area contributed by atoms with Gasteiger partial charge in [0, 0.05) is 13.0 Å². The largest absolute Gasteiger partial charge is 0.469 e. The number of esters is 1. The van der Waals surface area contributed by atoms with Gasteiger partial charge in [-0.15, -0.1) is 0 Å². The molecule has 1 heterocycles. The number of halogens is 1. The molecule has 0 atom stereocenters. The molecule has 1 aliphatic heterocycles. The van der Waals surface area contributed by atoms with Crippen LogP contribution in [0.3, 0.4) is 0 Å². The maximum Gasteiger partial charge on any atom is 0.305 e. The van der Waals surface area contributed by atoms with Gasteiger partial charge < -0.3 is 9.64 Å². The normalized spacial score (nSPS) is 13.7. The van der Waals surface area contributed by atoms with Crippen LogP contribution in [0, 0.1) is 12.7 Å². The number of carbonyl (C=O) groups excluding carboxylic acids is 3. The Morgan fingerprint density at radius 2 is 2.05 bits per heavy atom. The number of aryl methyl sites for hydroxylation is 1. The van der Waals surface area contributed by atoms with Crippen molar-refractivity contribution in [2.24, 2.45) is 0 Å². The lowest BCUT2D eigenvalue weighted by atomic mass is 10.1. The highest BCUT2D eigenvalue weighted by Crippen LogP contribution is 2.32. The lowest BCUT2D eigenvalue weighted by molar-refractivity contribution is -0.140. The molecule has 2 rings (SSSR count). The maximum atomic E-state index is 14.0. The summed E-state index contributed by atoms with van der Waals surface area (Å²) in [5.41, 5.74) is 0.680. The first-order valence-corrected chi connectivity index (χ1v) is 6.19. The van der Waals surface area contributed by atoms with Gasteiger partial charge in [-0.3, -0.25) is 14.4 Å². The number of Topliss-reactive ketones (excluding diaryl/α,β-unsaturated/α-hetero) is 1. The number of nitrogens with zero attached hydrogens (tertiary/aromatic N) is 1. The summed E-state index contributed by atoms with van der Waals surface area (Å²) in [6, 6.07) is 2.77. The van der Waals surface area contributed by atoms with E-state index in [1.54, 1.807) is 6.92 Å². The van der Waals surface area contributed by atoms with E-state index in [2.05, 4.69) is 4.74 Å². The van der Waals surface area contributed by atoms with Crippen LogP contribution in [0.4, 0.5) is 10.1 Å². The molecule has 0 aromatic heterocycles. The third-order valence-corrected chi connectivity index (χ3v) is 3.15. The van der Waals surface area contributed by atoms with E-state index >= 15 is 0 Å². The van der Waals surface area contributed by atoms with E-state index < -0.39 is 23.5 Å². The summed E-state index contributed by atoms with van der Waals surface area (Å²) in [7, 11) is 1.27. The Balaban J connectivity index is 2.22. The number of anilines is 1. The van der Waals surface area contributed by atoms with E-state index in [1.165, 1.54) is 19.2 Å². The van der Waals surface area contributed by atoms with Gasteiger partial charge in [0.15, 0.2) is 0 Å². The van der Waals surface area contributed by atoms with E-state index in [4.69, 9.17) is 0 Å². The zero-order chi connectivity index (χ0) is 14.9. The van der Waals surface area contributed by atoms with Crippen LogP contribution < -0.4 is 4.90 Å². The van der Waals surface area contributed by atoms with Crippen molar-refractivity contribution in [2.75, 3.05) is 18.6 Å². The molecule has 0 saturated carbocycles. The average molecular weight is 279 g/mol. The fourth-order valence-electron chi connectivity index (χ4n) is 2.22. The minimum Gasteiger partial charge on any atom is -0.469 e. The summed E-state index contributed by atoms with van der Waals surface area (Å²) < 4.78 is 18.5. The van der Waals surface area contributed by atoms with Crippen LogP contribution >= 0.6 is 0 Å². The van der Waals surface area contributed by atoms with E-state index in [1.807, 2.05) is 0 Å². The van der Waals surface area contributed by atoms with Gasteiger partial charge in [0.25, 0.3) is 11.7 Å². The van der Waals surface area contributed by atoms with Crippen molar-refractivity contribution in [3.05, 3.63) is 29.1 Å². The number of carbonyl (C=O) groups is 3. The average Bonchev–Trinajstić information content (AvgIpc) is 2.64. The fraction of sp³-hybridized carbons (Fsp3) is 0.357. The molecular weight excluding hydrogens is 265 g/mol. The number of fused-ring (bicyclic) bond motifs is 1. The smallest absolute Gasteiger partial charge is 0.305 e. The third kappa shape index (κ3) is 2.41. The molecule has 20 heavy (non-hydrogen) atoms. The van der Waals surface area contributed by atoms with E-state index in [9.17, 15) is 18.8 Å². The van der Waals surface area contributed by atoms with Crippen LogP contribution in [0.15, 0.2) is 12.1 Å². The maximum absolute atomic E-state index is 14.0. The molecule has 1 amide bonds. The Morgan fingerprint density at radius 3 is 2.70 bits per heavy atom. The number of hydrogen-bond acceptors (Lipinski definition) is 4. The predicted molar refractivity (Wildman–Crippen MR) is 69.1 cm³/mol. The molecule has 1 aromatic carbocycles. The van der Waals surface area contributed by atoms with Gasteiger partial charge in [0.1, 0.15) is 5.82 Å². The van der Waals surface area contributed by atoms with Gasteiger partial charge >= 0.3 is 5.97 Å². The molecule has 0 fully saturated rings. The Kier molecular flexibility index (Phi) is 3.83. The second-order valence-corrected chi connectivity index (χ2v) is 4.61. The van der Waals surface area contributed by atoms with E-state index in [-0.39, 0.29) is 24.2 Å². The summed E-state index contributed by atoms with van der Waals surface area (Å²) in [6.07, 6.45) is 0.412. The van der Waals surface area contributed by atoms with Crippen molar-refractivity contribution in [3.8, 4) is 0 Å². The van der Waals surface area contributed by atoms with Crippen LogP contribution in [0.2, 0.25) is 0 Å². The second-order valence-electron chi connectivity index (χ2n) is 4.61. The van der Waals surface area contributed by atoms with Crippen LogP contribution in [0.5, 0.6) is 0 Å². The number of hydrogen-bond donors (Lipinski definition) is 0. The number of ether oxygens (including phenoxy) is 1. The molecule has 0 N–H and O–H groups in total. The standard InChI is InChI=1S/C14H14FNO4/c1-8-6-9-12(10(15)7-8)16(14(19)13(9)18)5-3-4-11(17)20-2/h6-7H,3-5H2,1-2H3. The molecule has 5 nitrogen and oxygen atoms in total. The van der Waals surface area contributed by atoms with Crippen molar-refractivity contribution in [3.63, 3.8) is 0 Å². The first-order valence-electron chi connectivity index (χ1n) is 6.19. The van der Waals surface area contributed by atoms with Crippen LogP contribution in [0.1, 0.15) is 28.8 Å². The summed E-state index contributed by atoms with van der Waals surface area (Å²) >= 11 is 0. The molecule has 106 valence electrons. The minimum atomic E-state index is -0.755. The van der Waals surface area contributed by atoms with Gasteiger partial charge in [-0.1, -0.05) is 0 Å². The molecule has 0 bridgehead atoms. The Hall–Kier alpha value is -2.24. The van der Waals surface area contributed by atoms with Crippen molar-refractivity contribution in [2.45, 2.75) is 19.8 Å². The summed E-state index contributed by atoms with van der Waals surface area (Å²) in [6.45, 7) is 1.76. The molecule has 0 unspecified atom stereocenters. The summed E-state index contributed by atoms with van der Waals surface area (Å²) in [5, 5.41) is 0. The van der Waals surface area contributed by atoms with Gasteiger partial charge in [-0.25, -0.2) is 4.39 Å². The molecule has 1 aromatic rings. The predicted octanol–water partition coefficient (Wildman–Crippen LogP) is 1.62. The van der Waals surface area contributed by atoms with E-state index in [0.29, 0.717) is 12.0 Å². The van der Waals surface area contributed by atoms with E-state index in [0.717, 1.165) is 4.90 Å². The van der Waals surface area contributed by atoms with Gasteiger partial charge in [0.05, 0.1) is 18.4 Å². The SMILES string of the molecule is COC(=O)CCCN1C(=O)C(=O)c2cc(C)cc(F)c21. The van der Waals surface area contributed by atoms with Crippen LogP contribution in [0.25, 0.3) is 0 Å². The first-order chi connectivity index (χ1) is 9.45. The minimum absolute atomic E-state index is 0.00969. The first kappa shape index (κ1) is 14.2. The zero-order valence-corrected chi connectivity index (χ0v) is 11.2. The molecule has 0 saturated heterocycles. The van der Waals surface area contributed by atoms with Crippen molar-refractivity contribution >= 4 is 23.3 Å². The lowest BCUT2D eigenvalue weighted by Gasteiger charge is -2.16. The van der Waals surface area contributed by atoms with Gasteiger partial charge in [-0.2, -0.15) is 0 Å². The lowest BCUT2D eigenvalue weighted by Crippen LogP contribution is -2.31. The topological polar surface area (TPSA) is 63.7 Å². The monoisotopic (exact) mass is 279 g/mol. The number of rotatable bonds is 4. The number of amides is 1. The molecule has 6 heteroatoms. The highest BCUT2D eigenvalue weighted by molar-refractivity contribution is 6.52. The Bertz CT molecular complexity index is 597. The highest BCUT2D eigenvalue weighted by Gasteiger charge is 2.37. The Labute approximate surface area is 115 Å². The molecule has 0 aliphatic carbocycles. The summed E-state index contributed by atoms with van der Waals surface area (Å²) in [5.74, 6) is -2.47. The number of ketones is 1. The zero-order valence-electron chi connectivity index (χ0n) is 11.2. The fourth-order valence-corrected chi connectivity index (χ4v) is 2.22. The molecule has 0 spiro atoms. The second kappa shape index (κ2) is 5.40. The van der Waals surface area contributed by atoms with Crippen LogP contribution in [-0.2, 0) is 14.3 Å². The number of methoxy groups -OCH3 is 1. The van der Waals surface area contributed by atoms with Gasteiger partial charge in [0.2, 0.25) is 0 Å². The number of benzene rings is 1.